The second-order valence-electron chi connectivity index (χ2n) is 8.29. The lowest BCUT2D eigenvalue weighted by molar-refractivity contribution is -0.121. The summed E-state index contributed by atoms with van der Waals surface area (Å²) in [6.45, 7) is 8.07. The van der Waals surface area contributed by atoms with Crippen LogP contribution in [0.1, 0.15) is 53.6 Å². The van der Waals surface area contributed by atoms with Gasteiger partial charge >= 0.3 is 0 Å². The number of carbonyl (C=O) groups excluding carboxylic acids is 1. The quantitative estimate of drug-likeness (QED) is 0.737. The Morgan fingerprint density at radius 1 is 1.30 bits per heavy atom. The van der Waals surface area contributed by atoms with E-state index in [9.17, 15) is 10.1 Å². The molecule has 1 saturated heterocycles. The highest BCUT2D eigenvalue weighted by atomic mass is 32.1. The average Bonchev–Trinajstić information content (AvgIpc) is 3.21. The van der Waals surface area contributed by atoms with Gasteiger partial charge in [0.25, 0.3) is 0 Å². The number of aryl methyl sites for hydroxylation is 2. The highest BCUT2D eigenvalue weighted by Crippen LogP contribution is 2.37. The van der Waals surface area contributed by atoms with E-state index in [1.807, 2.05) is 19.9 Å². The normalized spacial score (nSPS) is 19.0. The fourth-order valence-electron chi connectivity index (χ4n) is 4.36. The van der Waals surface area contributed by atoms with Crippen molar-refractivity contribution < 1.29 is 9.32 Å². The van der Waals surface area contributed by atoms with E-state index in [-0.39, 0.29) is 11.9 Å². The summed E-state index contributed by atoms with van der Waals surface area (Å²) < 4.78 is 5.15. The zero-order valence-electron chi connectivity index (χ0n) is 17.7. The van der Waals surface area contributed by atoms with Crippen molar-refractivity contribution in [3.05, 3.63) is 33.5 Å². The number of aromatic nitrogens is 1. The number of thiophene rings is 1. The molecule has 3 heterocycles. The average molecular weight is 428 g/mol. The maximum Gasteiger partial charge on any atom is 0.242 e. The maximum absolute atomic E-state index is 12.9. The summed E-state index contributed by atoms with van der Waals surface area (Å²) in [5.41, 5.74) is 2.80. The fraction of sp³-hybridized carbons (Fsp3) is 0.591. The first-order valence-corrected chi connectivity index (χ1v) is 11.6. The molecule has 1 amide bonds. The second-order valence-corrected chi connectivity index (χ2v) is 9.39. The van der Waals surface area contributed by atoms with Crippen molar-refractivity contribution in [2.24, 2.45) is 0 Å². The third-order valence-corrected chi connectivity index (χ3v) is 7.37. The van der Waals surface area contributed by atoms with E-state index in [1.54, 1.807) is 11.3 Å². The minimum absolute atomic E-state index is 0.0246. The molecule has 1 aliphatic carbocycles. The molecule has 1 fully saturated rings. The van der Waals surface area contributed by atoms with Crippen LogP contribution in [0.4, 0.5) is 5.00 Å². The standard InChI is InChI=1S/C22H29N5O2S/c1-15-12-17(25-29-15)14-26-8-10-27(11-9-26)16(2)21(28)24-22-19(13-23)18-6-4-3-5-7-20(18)30-22/h12,16H,3-11,14H2,1-2H3,(H,24,28). The highest BCUT2D eigenvalue weighted by molar-refractivity contribution is 7.16. The number of nitrogens with one attached hydrogen (secondary N) is 1. The van der Waals surface area contributed by atoms with Crippen molar-refractivity contribution >= 4 is 22.2 Å². The molecule has 2 aromatic rings. The van der Waals surface area contributed by atoms with Gasteiger partial charge in [-0.1, -0.05) is 11.6 Å². The molecule has 30 heavy (non-hydrogen) atoms. The number of amides is 1. The Bertz CT molecular complexity index is 936. The Morgan fingerprint density at radius 3 is 2.77 bits per heavy atom. The number of hydrogen-bond acceptors (Lipinski definition) is 7. The Balaban J connectivity index is 1.34. The highest BCUT2D eigenvalue weighted by Gasteiger charge is 2.28. The molecule has 0 saturated carbocycles. The number of nitriles is 1. The largest absolute Gasteiger partial charge is 0.361 e. The third kappa shape index (κ3) is 4.59. The van der Waals surface area contributed by atoms with Crippen LogP contribution < -0.4 is 5.32 Å². The van der Waals surface area contributed by atoms with Gasteiger partial charge in [-0.25, -0.2) is 0 Å². The summed E-state index contributed by atoms with van der Waals surface area (Å²) in [6, 6.07) is 4.09. The Hall–Kier alpha value is -2.21. The van der Waals surface area contributed by atoms with Crippen molar-refractivity contribution in [3.8, 4) is 6.07 Å². The van der Waals surface area contributed by atoms with Crippen LogP contribution in [0.2, 0.25) is 0 Å². The lowest BCUT2D eigenvalue weighted by atomic mass is 10.1. The molecule has 0 radical (unpaired) electrons. The topological polar surface area (TPSA) is 85.4 Å². The number of hydrogen-bond donors (Lipinski definition) is 1. The summed E-state index contributed by atoms with van der Waals surface area (Å²) in [4.78, 5) is 18.8. The lowest BCUT2D eigenvalue weighted by Crippen LogP contribution is -2.52. The molecule has 0 aromatic carbocycles. The lowest BCUT2D eigenvalue weighted by Gasteiger charge is -2.37. The predicted octanol–water partition coefficient (Wildman–Crippen LogP) is 3.33. The van der Waals surface area contributed by atoms with Crippen LogP contribution in [-0.4, -0.2) is 53.1 Å². The van der Waals surface area contributed by atoms with Gasteiger partial charge < -0.3 is 9.84 Å². The first-order valence-electron chi connectivity index (χ1n) is 10.8. The molecule has 1 N–H and O–H groups in total. The van der Waals surface area contributed by atoms with E-state index in [0.29, 0.717) is 5.56 Å². The summed E-state index contributed by atoms with van der Waals surface area (Å²) in [5, 5.41) is 17.6. The van der Waals surface area contributed by atoms with Crippen LogP contribution >= 0.6 is 11.3 Å². The SMILES string of the molecule is Cc1cc(CN2CCN(C(C)C(=O)Nc3sc4c(c3C#N)CCCCC4)CC2)no1. The zero-order valence-corrected chi connectivity index (χ0v) is 18.6. The van der Waals surface area contributed by atoms with Crippen molar-refractivity contribution in [2.45, 2.75) is 58.5 Å². The van der Waals surface area contributed by atoms with Gasteiger partial charge in [-0.15, -0.1) is 11.3 Å². The van der Waals surface area contributed by atoms with Crippen LogP contribution in [0.3, 0.4) is 0 Å². The van der Waals surface area contributed by atoms with Crippen molar-refractivity contribution in [3.63, 3.8) is 0 Å². The monoisotopic (exact) mass is 427 g/mol. The molecule has 2 aromatic heterocycles. The van der Waals surface area contributed by atoms with Crippen molar-refractivity contribution in [2.75, 3.05) is 31.5 Å². The number of rotatable bonds is 5. The summed E-state index contributed by atoms with van der Waals surface area (Å²) in [5.74, 6) is 0.806. The van der Waals surface area contributed by atoms with Gasteiger partial charge in [0.05, 0.1) is 17.3 Å². The smallest absolute Gasteiger partial charge is 0.242 e. The van der Waals surface area contributed by atoms with Crippen LogP contribution in [-0.2, 0) is 24.2 Å². The minimum atomic E-state index is -0.227. The van der Waals surface area contributed by atoms with Gasteiger partial charge in [0, 0.05) is 43.7 Å². The van der Waals surface area contributed by atoms with Crippen molar-refractivity contribution in [1.29, 1.82) is 5.26 Å². The number of piperazine rings is 1. The first kappa shape index (κ1) is 21.0. The molecule has 1 aliphatic heterocycles. The van der Waals surface area contributed by atoms with Gasteiger partial charge in [-0.3, -0.25) is 14.6 Å². The number of carbonyl (C=O) groups is 1. The fourth-order valence-corrected chi connectivity index (χ4v) is 5.60. The van der Waals surface area contributed by atoms with E-state index in [2.05, 4.69) is 26.3 Å². The van der Waals surface area contributed by atoms with E-state index in [4.69, 9.17) is 4.52 Å². The van der Waals surface area contributed by atoms with Crippen molar-refractivity contribution in [1.82, 2.24) is 15.0 Å². The van der Waals surface area contributed by atoms with E-state index >= 15 is 0 Å². The van der Waals surface area contributed by atoms with E-state index < -0.39 is 0 Å². The molecule has 2 aliphatic rings. The molecule has 1 atom stereocenters. The molecular formula is C22H29N5O2S. The Kier molecular flexibility index (Phi) is 6.52. The third-order valence-electron chi connectivity index (χ3n) is 6.17. The van der Waals surface area contributed by atoms with E-state index in [0.717, 1.165) is 68.4 Å². The van der Waals surface area contributed by atoms with Gasteiger partial charge in [0.15, 0.2) is 0 Å². The number of fused-ring (bicyclic) bond motifs is 1. The summed E-state index contributed by atoms with van der Waals surface area (Å²) >= 11 is 1.60. The number of anilines is 1. The molecule has 0 bridgehead atoms. The Morgan fingerprint density at radius 2 is 2.07 bits per heavy atom. The molecule has 160 valence electrons. The predicted molar refractivity (Wildman–Crippen MR) is 116 cm³/mol. The summed E-state index contributed by atoms with van der Waals surface area (Å²) in [6.07, 6.45) is 5.48. The van der Waals surface area contributed by atoms with Gasteiger partial charge in [0.1, 0.15) is 16.8 Å². The van der Waals surface area contributed by atoms with Gasteiger partial charge in [0.2, 0.25) is 5.91 Å². The van der Waals surface area contributed by atoms with Crippen LogP contribution in [0.25, 0.3) is 0 Å². The molecule has 0 spiro atoms. The first-order chi connectivity index (χ1) is 14.5. The van der Waals surface area contributed by atoms with Crippen LogP contribution in [0, 0.1) is 18.3 Å². The summed E-state index contributed by atoms with van der Waals surface area (Å²) in [7, 11) is 0. The van der Waals surface area contributed by atoms with Gasteiger partial charge in [-0.05, 0) is 45.1 Å². The molecule has 1 unspecified atom stereocenters. The zero-order chi connectivity index (χ0) is 21.1. The maximum atomic E-state index is 12.9. The Labute approximate surface area is 181 Å². The molecule has 7 nitrogen and oxygen atoms in total. The second kappa shape index (κ2) is 9.29. The molecular weight excluding hydrogens is 398 g/mol. The number of nitrogens with zero attached hydrogens (tertiary/aromatic N) is 4. The van der Waals surface area contributed by atoms with Gasteiger partial charge in [-0.2, -0.15) is 5.26 Å². The minimum Gasteiger partial charge on any atom is -0.361 e. The molecule has 8 heteroatoms. The van der Waals surface area contributed by atoms with Crippen LogP contribution in [0.5, 0.6) is 0 Å². The van der Waals surface area contributed by atoms with Crippen LogP contribution in [0.15, 0.2) is 10.6 Å². The van der Waals surface area contributed by atoms with E-state index in [1.165, 1.54) is 23.3 Å². The molecule has 4 rings (SSSR count).